The lowest BCUT2D eigenvalue weighted by Gasteiger charge is -2.17. The van der Waals surface area contributed by atoms with Gasteiger partial charge in [-0.3, -0.25) is 0 Å². The monoisotopic (exact) mass is 320 g/mol. The molecule has 0 fully saturated rings. The van der Waals surface area contributed by atoms with E-state index in [-0.39, 0.29) is 5.82 Å². The molecule has 0 aliphatic carbocycles. The second-order valence-corrected chi connectivity index (χ2v) is 11.3. The molecule has 0 aliphatic rings. The lowest BCUT2D eigenvalue weighted by molar-refractivity contribution is 0.628. The Labute approximate surface area is 127 Å². The molecule has 0 N–H and O–H groups in total. The Kier molecular flexibility index (Phi) is 3.30. The zero-order valence-electron chi connectivity index (χ0n) is 11.9. The van der Waals surface area contributed by atoms with E-state index in [1.807, 2.05) is 6.07 Å². The summed E-state index contributed by atoms with van der Waals surface area (Å²) in [6.45, 7) is 6.59. The van der Waals surface area contributed by atoms with Crippen LogP contribution in [0.5, 0.6) is 0 Å². The summed E-state index contributed by atoms with van der Waals surface area (Å²) in [5, 5.41) is 14.2. The normalized spacial score (nSPS) is 12.0. The molecule has 7 heteroatoms. The van der Waals surface area contributed by atoms with E-state index in [9.17, 15) is 4.39 Å². The zero-order valence-corrected chi connectivity index (χ0v) is 13.7. The summed E-state index contributed by atoms with van der Waals surface area (Å²) in [5.41, 5.74) is 1.39. The van der Waals surface area contributed by atoms with Gasteiger partial charge in [0.1, 0.15) is 11.0 Å². The van der Waals surface area contributed by atoms with Crippen molar-refractivity contribution in [1.82, 2.24) is 19.8 Å². The van der Waals surface area contributed by atoms with Crippen molar-refractivity contribution >= 4 is 30.5 Å². The average Bonchev–Trinajstić information content (AvgIpc) is 2.80. The minimum Gasteiger partial charge on any atom is -0.207 e. The third-order valence-electron chi connectivity index (χ3n) is 3.26. The first-order valence-corrected chi connectivity index (χ1v) is 10.4. The van der Waals surface area contributed by atoms with Crippen molar-refractivity contribution in [3.63, 3.8) is 0 Å². The molecule has 4 nitrogen and oxygen atoms in total. The highest BCUT2D eigenvalue weighted by Gasteiger charge is 2.23. The van der Waals surface area contributed by atoms with Crippen LogP contribution >= 0.6 is 11.6 Å². The molecule has 0 saturated heterocycles. The van der Waals surface area contributed by atoms with E-state index in [1.165, 1.54) is 12.1 Å². The number of halogens is 2. The summed E-state index contributed by atoms with van der Waals surface area (Å²) < 4.78 is 14.6. The van der Waals surface area contributed by atoms with Crippen LogP contribution in [-0.4, -0.2) is 27.9 Å². The molecule has 0 aliphatic heterocycles. The summed E-state index contributed by atoms with van der Waals surface area (Å²) in [4.78, 5) is 0. The van der Waals surface area contributed by atoms with Gasteiger partial charge in [0.2, 0.25) is 0 Å². The fourth-order valence-corrected chi connectivity index (χ4v) is 4.33. The first-order valence-electron chi connectivity index (χ1n) is 6.54. The van der Waals surface area contributed by atoms with Gasteiger partial charge >= 0.3 is 0 Å². The number of benzene rings is 1. The number of nitrogens with zero attached hydrogens (tertiary/aromatic N) is 4. The third-order valence-corrected chi connectivity index (χ3v) is 5.69. The van der Waals surface area contributed by atoms with E-state index >= 15 is 0 Å². The van der Waals surface area contributed by atoms with Gasteiger partial charge in [0.05, 0.1) is 8.07 Å². The van der Waals surface area contributed by atoms with Gasteiger partial charge < -0.3 is 0 Å². The Balaban J connectivity index is 2.19. The second kappa shape index (κ2) is 4.89. The quantitative estimate of drug-likeness (QED) is 0.681. The molecule has 0 atom stereocenters. The Hall–Kier alpha value is -1.79. The third kappa shape index (κ3) is 2.56. The standard InChI is InChI=1S/C14H14ClFN4Si/c1-21(2,3)11-8-12-17-18-14(20(12)19-13(11)15)9-4-6-10(16)7-5-9/h4-8H,1-3H3. The molecule has 21 heavy (non-hydrogen) atoms. The van der Waals surface area contributed by atoms with Gasteiger partial charge in [-0.15, -0.1) is 10.2 Å². The molecule has 108 valence electrons. The average molecular weight is 321 g/mol. The van der Waals surface area contributed by atoms with E-state index < -0.39 is 8.07 Å². The van der Waals surface area contributed by atoms with Crippen LogP contribution in [0.3, 0.4) is 0 Å². The summed E-state index contributed by atoms with van der Waals surface area (Å²) >= 11 is 6.32. The molecule has 1 aromatic carbocycles. The van der Waals surface area contributed by atoms with E-state index in [0.717, 1.165) is 10.8 Å². The van der Waals surface area contributed by atoms with Crippen molar-refractivity contribution in [2.45, 2.75) is 19.6 Å². The van der Waals surface area contributed by atoms with Crippen LogP contribution < -0.4 is 5.19 Å². The minimum absolute atomic E-state index is 0.292. The second-order valence-electron chi connectivity index (χ2n) is 5.90. The van der Waals surface area contributed by atoms with E-state index in [0.29, 0.717) is 16.6 Å². The Morgan fingerprint density at radius 3 is 2.38 bits per heavy atom. The van der Waals surface area contributed by atoms with E-state index in [1.54, 1.807) is 16.6 Å². The molecule has 3 aromatic rings. The first-order chi connectivity index (χ1) is 9.86. The summed E-state index contributed by atoms with van der Waals surface area (Å²) in [7, 11) is -1.60. The van der Waals surface area contributed by atoms with Crippen molar-refractivity contribution in [2.75, 3.05) is 0 Å². The number of hydrogen-bond donors (Lipinski definition) is 0. The highest BCUT2D eigenvalue weighted by atomic mass is 35.5. The molecule has 0 unspecified atom stereocenters. The van der Waals surface area contributed by atoms with Crippen molar-refractivity contribution < 1.29 is 4.39 Å². The number of rotatable bonds is 2. The fourth-order valence-electron chi connectivity index (χ4n) is 2.12. The van der Waals surface area contributed by atoms with Gasteiger partial charge in [-0.1, -0.05) is 31.2 Å². The lowest BCUT2D eigenvalue weighted by atomic mass is 10.2. The molecule has 0 saturated carbocycles. The Bertz CT molecular complexity index is 808. The molecular formula is C14H14ClFN4Si. The molecule has 0 spiro atoms. The molecule has 0 bridgehead atoms. The maximum absolute atomic E-state index is 13.0. The van der Waals surface area contributed by atoms with Gasteiger partial charge in [-0.05, 0) is 35.5 Å². The van der Waals surface area contributed by atoms with Crippen molar-refractivity contribution in [3.8, 4) is 11.4 Å². The molecule has 2 aromatic heterocycles. The summed E-state index contributed by atoms with van der Waals surface area (Å²) in [5.74, 6) is 0.258. The highest BCUT2D eigenvalue weighted by Crippen LogP contribution is 2.19. The topological polar surface area (TPSA) is 43.1 Å². The van der Waals surface area contributed by atoms with Crippen LogP contribution in [0, 0.1) is 5.82 Å². The molecule has 0 amide bonds. The predicted molar refractivity (Wildman–Crippen MR) is 84.2 cm³/mol. The number of aromatic nitrogens is 4. The molecule has 2 heterocycles. The van der Waals surface area contributed by atoms with Crippen LogP contribution in [0.4, 0.5) is 4.39 Å². The summed E-state index contributed by atoms with van der Waals surface area (Å²) in [6.07, 6.45) is 0. The van der Waals surface area contributed by atoms with Crippen LogP contribution in [-0.2, 0) is 0 Å². The molecule has 0 radical (unpaired) electrons. The van der Waals surface area contributed by atoms with Crippen LogP contribution in [0.25, 0.3) is 17.0 Å². The van der Waals surface area contributed by atoms with E-state index in [2.05, 4.69) is 34.9 Å². The predicted octanol–water partition coefficient (Wildman–Crippen LogP) is 3.13. The molecule has 3 rings (SSSR count). The van der Waals surface area contributed by atoms with Crippen molar-refractivity contribution in [3.05, 3.63) is 41.3 Å². The maximum Gasteiger partial charge on any atom is 0.185 e. The fraction of sp³-hybridized carbons (Fsp3) is 0.214. The highest BCUT2D eigenvalue weighted by molar-refractivity contribution is 6.90. The van der Waals surface area contributed by atoms with Crippen LogP contribution in [0.2, 0.25) is 24.8 Å². The van der Waals surface area contributed by atoms with Crippen LogP contribution in [0.1, 0.15) is 0 Å². The van der Waals surface area contributed by atoms with Crippen molar-refractivity contribution in [2.24, 2.45) is 0 Å². The van der Waals surface area contributed by atoms with Crippen LogP contribution in [0.15, 0.2) is 30.3 Å². The van der Waals surface area contributed by atoms with Gasteiger partial charge in [-0.25, -0.2) is 4.39 Å². The minimum atomic E-state index is -1.60. The van der Waals surface area contributed by atoms with Gasteiger partial charge in [0.15, 0.2) is 11.5 Å². The SMILES string of the molecule is C[Si](C)(C)c1cc2nnc(-c3ccc(F)cc3)n2nc1Cl. The number of fused-ring (bicyclic) bond motifs is 1. The van der Waals surface area contributed by atoms with Gasteiger partial charge in [0, 0.05) is 5.56 Å². The smallest absolute Gasteiger partial charge is 0.185 e. The van der Waals surface area contributed by atoms with Crippen molar-refractivity contribution in [1.29, 1.82) is 0 Å². The first kappa shape index (κ1) is 14.2. The maximum atomic E-state index is 13.0. The largest absolute Gasteiger partial charge is 0.207 e. The summed E-state index contributed by atoms with van der Waals surface area (Å²) in [6, 6.07) is 8.01. The Morgan fingerprint density at radius 1 is 1.10 bits per heavy atom. The lowest BCUT2D eigenvalue weighted by Crippen LogP contribution is -2.39. The van der Waals surface area contributed by atoms with E-state index in [4.69, 9.17) is 11.6 Å². The molecular weight excluding hydrogens is 307 g/mol. The van der Waals surface area contributed by atoms with Gasteiger partial charge in [0.25, 0.3) is 0 Å². The number of hydrogen-bond acceptors (Lipinski definition) is 3. The van der Waals surface area contributed by atoms with Gasteiger partial charge in [-0.2, -0.15) is 9.61 Å². The Morgan fingerprint density at radius 2 is 1.76 bits per heavy atom. The zero-order chi connectivity index (χ0) is 15.2.